The Morgan fingerprint density at radius 1 is 1.52 bits per heavy atom. The molecule has 3 rings (SSSR count). The van der Waals surface area contributed by atoms with Crippen LogP contribution in [0.2, 0.25) is 0 Å². The van der Waals surface area contributed by atoms with Gasteiger partial charge in [-0.3, -0.25) is 9.35 Å². The molecule has 1 aromatic heterocycles. The predicted octanol–water partition coefficient (Wildman–Crippen LogP) is -0.0581. The van der Waals surface area contributed by atoms with Crippen LogP contribution >= 0.6 is 0 Å². The molecule has 2 saturated heterocycles. The van der Waals surface area contributed by atoms with E-state index in [-0.39, 0.29) is 12.5 Å². The molecule has 0 aromatic carbocycles. The summed E-state index contributed by atoms with van der Waals surface area (Å²) in [7, 11) is -4.73. The minimum Gasteiger partial charge on any atom is -0.361 e. The quantitative estimate of drug-likeness (QED) is 0.532. The summed E-state index contributed by atoms with van der Waals surface area (Å²) in [5.74, 6) is 0.881. The number of nitrogens with zero attached hydrogens (tertiary/aromatic N) is 2. The second kappa shape index (κ2) is 7.38. The summed E-state index contributed by atoms with van der Waals surface area (Å²) in [5.41, 5.74) is 6.76. The molecule has 25 heavy (non-hydrogen) atoms. The molecule has 1 amide bonds. The molecular weight excluding hydrogens is 352 g/mol. The van der Waals surface area contributed by atoms with Gasteiger partial charge in [-0.1, -0.05) is 5.16 Å². The maximum absolute atomic E-state index is 11.7. The Balaban J connectivity index is 1.52. The zero-order valence-electron chi connectivity index (χ0n) is 13.6. The molecule has 2 fully saturated rings. The molecule has 0 radical (unpaired) electrons. The highest BCUT2D eigenvalue weighted by molar-refractivity contribution is 7.80. The molecule has 0 aliphatic carbocycles. The summed E-state index contributed by atoms with van der Waals surface area (Å²) in [6, 6.07) is 1.00. The Kier molecular flexibility index (Phi) is 5.39. The Morgan fingerprint density at radius 2 is 2.28 bits per heavy atom. The van der Waals surface area contributed by atoms with Gasteiger partial charge in [-0.15, -0.1) is 4.28 Å². The molecule has 11 heteroatoms. The minimum absolute atomic E-state index is 0.166. The van der Waals surface area contributed by atoms with Crippen LogP contribution < -0.4 is 11.1 Å². The van der Waals surface area contributed by atoms with Crippen LogP contribution in [-0.4, -0.2) is 48.2 Å². The Hall–Kier alpha value is -1.53. The van der Waals surface area contributed by atoms with Gasteiger partial charge in [0, 0.05) is 18.9 Å². The van der Waals surface area contributed by atoms with E-state index in [1.54, 1.807) is 0 Å². The van der Waals surface area contributed by atoms with E-state index in [2.05, 4.69) is 14.8 Å². The highest BCUT2D eigenvalue weighted by Crippen LogP contribution is 2.27. The molecule has 0 unspecified atom stereocenters. The summed E-state index contributed by atoms with van der Waals surface area (Å²) in [4.78, 5) is 11.7. The van der Waals surface area contributed by atoms with Crippen LogP contribution in [0.15, 0.2) is 10.6 Å². The first kappa shape index (κ1) is 18.3. The van der Waals surface area contributed by atoms with Gasteiger partial charge >= 0.3 is 10.4 Å². The molecule has 2 atom stereocenters. The van der Waals surface area contributed by atoms with Crippen LogP contribution in [0.4, 0.5) is 0 Å². The van der Waals surface area contributed by atoms with Crippen molar-refractivity contribution in [1.29, 1.82) is 0 Å². The van der Waals surface area contributed by atoms with Crippen LogP contribution in [-0.2, 0) is 25.9 Å². The number of nitrogens with one attached hydrogen (secondary N) is 1. The summed E-state index contributed by atoms with van der Waals surface area (Å²) >= 11 is 0. The highest BCUT2D eigenvalue weighted by Gasteiger charge is 2.35. The smallest absolute Gasteiger partial charge is 0.361 e. The van der Waals surface area contributed by atoms with E-state index in [0.29, 0.717) is 30.9 Å². The lowest BCUT2D eigenvalue weighted by Gasteiger charge is -2.25. The van der Waals surface area contributed by atoms with E-state index in [0.717, 1.165) is 30.3 Å². The van der Waals surface area contributed by atoms with Crippen molar-refractivity contribution in [3.8, 4) is 0 Å². The molecule has 0 saturated carbocycles. The molecule has 140 valence electrons. The van der Waals surface area contributed by atoms with Gasteiger partial charge in [0.2, 0.25) is 5.91 Å². The number of aromatic nitrogens is 1. The Bertz CT molecular complexity index is 717. The first-order chi connectivity index (χ1) is 11.8. The maximum atomic E-state index is 11.7. The van der Waals surface area contributed by atoms with Gasteiger partial charge in [-0.2, -0.15) is 13.5 Å². The summed E-state index contributed by atoms with van der Waals surface area (Å²) in [5, 5.41) is 7.92. The average molecular weight is 374 g/mol. The monoisotopic (exact) mass is 374 g/mol. The second-order valence-electron chi connectivity index (χ2n) is 6.54. The van der Waals surface area contributed by atoms with Crippen molar-refractivity contribution in [3.05, 3.63) is 17.5 Å². The lowest BCUT2D eigenvalue weighted by atomic mass is 9.97. The van der Waals surface area contributed by atoms with Gasteiger partial charge in [0.25, 0.3) is 0 Å². The van der Waals surface area contributed by atoms with Gasteiger partial charge in [0.15, 0.2) is 0 Å². The number of nitrogens with two attached hydrogens (primary N) is 1. The Morgan fingerprint density at radius 3 is 2.92 bits per heavy atom. The fourth-order valence-corrected chi connectivity index (χ4v) is 3.49. The second-order valence-corrected chi connectivity index (χ2v) is 7.55. The van der Waals surface area contributed by atoms with Crippen molar-refractivity contribution in [2.45, 2.75) is 44.2 Å². The third kappa shape index (κ3) is 4.76. The van der Waals surface area contributed by atoms with Crippen LogP contribution in [0.3, 0.4) is 0 Å². The van der Waals surface area contributed by atoms with Gasteiger partial charge in [0.1, 0.15) is 11.5 Å². The maximum Gasteiger partial charge on any atom is 0.418 e. The number of amides is 1. The number of hydrogen-bond donors (Lipinski definition) is 3. The molecular formula is C14H22N4O6S. The third-order valence-corrected chi connectivity index (χ3v) is 4.92. The number of rotatable bonds is 8. The minimum atomic E-state index is -4.73. The summed E-state index contributed by atoms with van der Waals surface area (Å²) < 4.78 is 40.1. The predicted molar refractivity (Wildman–Crippen MR) is 85.2 cm³/mol. The van der Waals surface area contributed by atoms with Crippen molar-refractivity contribution in [3.63, 3.8) is 0 Å². The molecule has 2 aliphatic heterocycles. The number of hydrogen-bond acceptors (Lipinski definition) is 8. The van der Waals surface area contributed by atoms with Gasteiger partial charge in [-0.25, -0.2) is 0 Å². The number of hydroxylamine groups is 2. The molecule has 0 bridgehead atoms. The van der Waals surface area contributed by atoms with E-state index in [4.69, 9.17) is 14.8 Å². The first-order valence-corrected chi connectivity index (χ1v) is 9.59. The van der Waals surface area contributed by atoms with Gasteiger partial charge < -0.3 is 15.6 Å². The van der Waals surface area contributed by atoms with Gasteiger partial charge in [0.05, 0.1) is 12.1 Å². The number of carbonyl (C=O) groups is 1. The van der Waals surface area contributed by atoms with E-state index < -0.39 is 22.3 Å². The highest BCUT2D eigenvalue weighted by atomic mass is 32.3. The van der Waals surface area contributed by atoms with Crippen molar-refractivity contribution in [2.75, 3.05) is 13.1 Å². The van der Waals surface area contributed by atoms with E-state index in [9.17, 15) is 13.2 Å². The topological polar surface area (TPSA) is 148 Å². The third-order valence-electron chi connectivity index (χ3n) is 4.57. The molecule has 4 N–H and O–H groups in total. The van der Waals surface area contributed by atoms with Crippen molar-refractivity contribution >= 4 is 16.3 Å². The van der Waals surface area contributed by atoms with Crippen LogP contribution in [0.5, 0.6) is 0 Å². The van der Waals surface area contributed by atoms with Crippen molar-refractivity contribution in [2.24, 2.45) is 11.7 Å². The first-order valence-electron chi connectivity index (χ1n) is 8.22. The molecule has 3 heterocycles. The zero-order valence-corrected chi connectivity index (χ0v) is 14.4. The molecule has 2 aliphatic rings. The standard InChI is InChI=1S/C14H22N4O6S/c15-12(13-6-11(23-17-13)5-9-7-16-8-9)3-1-10-2-4-14(19)18(10)24-25(20,21)22/h6,9-10,12,16H,1-5,7-8,15H2,(H,20,21,22)/t10-,12+/m1/s1. The van der Waals surface area contributed by atoms with Crippen LogP contribution in [0.1, 0.15) is 43.2 Å². The van der Waals surface area contributed by atoms with E-state index in [1.807, 2.05) is 6.07 Å². The van der Waals surface area contributed by atoms with Crippen LogP contribution in [0.25, 0.3) is 0 Å². The molecule has 10 nitrogen and oxygen atoms in total. The van der Waals surface area contributed by atoms with E-state index >= 15 is 0 Å². The average Bonchev–Trinajstić information content (AvgIpc) is 3.08. The zero-order chi connectivity index (χ0) is 18.0. The van der Waals surface area contributed by atoms with Crippen LogP contribution in [0, 0.1) is 5.92 Å². The lowest BCUT2D eigenvalue weighted by Crippen LogP contribution is -2.42. The van der Waals surface area contributed by atoms with Gasteiger partial charge in [-0.05, 0) is 38.3 Å². The Labute approximate surface area is 145 Å². The lowest BCUT2D eigenvalue weighted by molar-refractivity contribution is -0.157. The largest absolute Gasteiger partial charge is 0.418 e. The van der Waals surface area contributed by atoms with Crippen molar-refractivity contribution < 1.29 is 26.6 Å². The summed E-state index contributed by atoms with van der Waals surface area (Å²) in [6.45, 7) is 1.95. The summed E-state index contributed by atoms with van der Waals surface area (Å²) in [6.07, 6.45) is 2.33. The number of carbonyl (C=O) groups excluding carboxylic acids is 1. The van der Waals surface area contributed by atoms with Crippen molar-refractivity contribution in [1.82, 2.24) is 15.5 Å². The van der Waals surface area contributed by atoms with E-state index in [1.165, 1.54) is 0 Å². The normalized spacial score (nSPS) is 23.0. The molecule has 0 spiro atoms. The fraction of sp³-hybridized carbons (Fsp3) is 0.714. The SMILES string of the molecule is N[C@@H](CC[C@@H]1CCC(=O)N1OS(=O)(=O)O)c1cc(CC2CNC2)on1. The fourth-order valence-electron chi connectivity index (χ4n) is 3.08. The molecule has 1 aromatic rings.